The Balaban J connectivity index is 0.000000181. The molecule has 6 aromatic heterocycles. The highest BCUT2D eigenvalue weighted by molar-refractivity contribution is 7.58. The number of rotatable bonds is 25. The average molecular weight is 1200 g/mol. The van der Waals surface area contributed by atoms with Gasteiger partial charge >= 0.3 is 21.1 Å². The van der Waals surface area contributed by atoms with Gasteiger partial charge in [-0.2, -0.15) is 0 Å². The Morgan fingerprint density at radius 1 is 0.518 bits per heavy atom. The fourth-order valence-corrected chi connectivity index (χ4v) is 11.5. The van der Waals surface area contributed by atoms with Crippen molar-refractivity contribution >= 4 is 79.4 Å². The van der Waals surface area contributed by atoms with Gasteiger partial charge in [0.25, 0.3) is 7.37 Å². The normalized spacial score (nSPS) is 15.0. The van der Waals surface area contributed by atoms with Crippen LogP contribution < -0.4 is 35.9 Å². The Hall–Kier alpha value is -7.93. The van der Waals surface area contributed by atoms with E-state index in [-0.39, 0.29) is 37.1 Å². The van der Waals surface area contributed by atoms with Gasteiger partial charge in [0.15, 0.2) is 40.7 Å². The first-order valence-electron chi connectivity index (χ1n) is 25.8. The third kappa shape index (κ3) is 18.8. The van der Waals surface area contributed by atoms with E-state index in [1.165, 1.54) is 19.0 Å². The summed E-state index contributed by atoms with van der Waals surface area (Å²) < 4.78 is 82.3. The van der Waals surface area contributed by atoms with Crippen LogP contribution >= 0.6 is 22.5 Å². The second-order valence-corrected chi connectivity index (χ2v) is 25.4. The molecule has 0 spiro atoms. The van der Waals surface area contributed by atoms with Crippen molar-refractivity contribution in [2.24, 2.45) is 0 Å². The molecule has 0 saturated carbocycles. The van der Waals surface area contributed by atoms with Gasteiger partial charge in [-0.15, -0.1) is 0 Å². The number of hydrogen-bond donors (Lipinski definition) is 5. The number of benzene rings is 3. The van der Waals surface area contributed by atoms with E-state index in [1.54, 1.807) is 129 Å². The van der Waals surface area contributed by atoms with Gasteiger partial charge in [0.05, 0.1) is 63.0 Å². The van der Waals surface area contributed by atoms with E-state index in [9.17, 15) is 23.4 Å². The number of nitrogens with two attached hydrogens (primary N) is 3. The van der Waals surface area contributed by atoms with Crippen LogP contribution in [0.4, 0.5) is 17.5 Å². The quantitative estimate of drug-likeness (QED) is 0.0269. The molecule has 0 radical (unpaired) electrons. The van der Waals surface area contributed by atoms with Crippen LogP contribution in [0.3, 0.4) is 0 Å². The molecule has 83 heavy (non-hydrogen) atoms. The largest absolute Gasteiger partial charge is 0.462 e. The van der Waals surface area contributed by atoms with E-state index < -0.39 is 40.8 Å². The number of fused-ring (bicyclic) bond motifs is 3. The summed E-state index contributed by atoms with van der Waals surface area (Å²) in [5, 5.41) is 2.78. The van der Waals surface area contributed by atoms with Gasteiger partial charge in [-0.05, 0) is 77.9 Å². The Kier molecular flexibility index (Phi) is 21.8. The smallest absolute Gasteiger partial charge is 0.402 e. The maximum atomic E-state index is 13.6. The predicted octanol–water partition coefficient (Wildman–Crippen LogP) is 7.77. The molecule has 28 nitrogen and oxygen atoms in total. The van der Waals surface area contributed by atoms with Gasteiger partial charge in [0, 0.05) is 6.66 Å². The van der Waals surface area contributed by atoms with Crippen LogP contribution in [0.5, 0.6) is 17.2 Å². The van der Waals surface area contributed by atoms with Crippen LogP contribution in [0.2, 0.25) is 0 Å². The number of aromatic nitrogens is 12. The summed E-state index contributed by atoms with van der Waals surface area (Å²) in [6.45, 7) is 13.4. The highest BCUT2D eigenvalue weighted by Gasteiger charge is 2.32. The zero-order valence-electron chi connectivity index (χ0n) is 46.6. The highest BCUT2D eigenvalue weighted by atomic mass is 31.2. The van der Waals surface area contributed by atoms with Crippen molar-refractivity contribution in [1.29, 1.82) is 0 Å². The van der Waals surface area contributed by atoms with Crippen molar-refractivity contribution in [2.45, 2.75) is 91.6 Å². The second-order valence-electron chi connectivity index (χ2n) is 19.2. The lowest BCUT2D eigenvalue weighted by Crippen LogP contribution is -2.37. The van der Waals surface area contributed by atoms with Crippen molar-refractivity contribution < 1.29 is 55.9 Å². The number of nitrogens with zero attached hydrogens (tertiary/aromatic N) is 12. The number of anilines is 3. The molecule has 0 saturated heterocycles. The summed E-state index contributed by atoms with van der Waals surface area (Å²) in [5.41, 5.74) is 20.7. The summed E-state index contributed by atoms with van der Waals surface area (Å²) in [6, 6.07) is 25.3. The Morgan fingerprint density at radius 2 is 0.880 bits per heavy atom. The van der Waals surface area contributed by atoms with Crippen LogP contribution in [0, 0.1) is 0 Å². The SMILES string of the molecule is CC(C)OC(=O)[C@H](C)NP(=O)(CO[C@H](C)Cn1cnc2c(N)ncnc21)Oc1ccccc1.C[C@H](Cn1cnc2c(N)ncnc21)OCP(=O)(O)Oc1ccccc1.C[C@H](Cn1cnc2c(N)ncnc21)OCP(C)(=O)Oc1ccccc1. The number of carbonyl (C=O) groups excluding carboxylic acids is 1. The van der Waals surface area contributed by atoms with Crippen molar-refractivity contribution in [3.05, 3.63) is 129 Å². The number of nitrogens with one attached hydrogen (secondary N) is 1. The van der Waals surface area contributed by atoms with Gasteiger partial charge in [0.1, 0.15) is 71.5 Å². The van der Waals surface area contributed by atoms with Gasteiger partial charge in [-0.3, -0.25) is 13.9 Å². The Bertz CT molecular complexity index is 3530. The molecule has 0 bridgehead atoms. The molecule has 9 rings (SSSR count). The first kappa shape index (κ1) is 62.7. The van der Waals surface area contributed by atoms with E-state index in [0.29, 0.717) is 87.8 Å². The zero-order valence-corrected chi connectivity index (χ0v) is 49.3. The molecule has 6 heterocycles. The van der Waals surface area contributed by atoms with Crippen molar-refractivity contribution in [2.75, 3.05) is 42.9 Å². The summed E-state index contributed by atoms with van der Waals surface area (Å²) in [4.78, 5) is 59.0. The molecular weight excluding hydrogens is 1130 g/mol. The molecule has 8 N–H and O–H groups in total. The number of carbonyl (C=O) groups is 1. The molecule has 0 aliphatic heterocycles. The average Bonchev–Trinajstić information content (AvgIpc) is 4.15. The molecule has 0 amide bonds. The number of para-hydroxylation sites is 3. The fraction of sp³-hybridized carbons (Fsp3) is 0.346. The maximum absolute atomic E-state index is 13.6. The van der Waals surface area contributed by atoms with Crippen LogP contribution in [-0.4, -0.2) is 126 Å². The van der Waals surface area contributed by atoms with E-state index in [4.69, 9.17) is 49.7 Å². The van der Waals surface area contributed by atoms with Gasteiger partial charge in [-0.25, -0.2) is 54.5 Å². The number of hydrogen-bond acceptors (Lipinski definition) is 23. The van der Waals surface area contributed by atoms with Crippen molar-refractivity contribution in [3.8, 4) is 17.2 Å². The number of nitrogen functional groups attached to an aromatic ring is 3. The van der Waals surface area contributed by atoms with E-state index in [2.05, 4.69) is 49.9 Å². The number of imidazole rings is 3. The molecule has 9 aromatic rings. The van der Waals surface area contributed by atoms with Gasteiger partial charge in [-0.1, -0.05) is 54.6 Å². The summed E-state index contributed by atoms with van der Waals surface area (Å²) in [7, 11) is -10.5. The van der Waals surface area contributed by atoms with Crippen LogP contribution in [-0.2, 0) is 57.1 Å². The molecule has 0 fully saturated rings. The summed E-state index contributed by atoms with van der Waals surface area (Å²) in [6.07, 6.45) is 7.01. The minimum Gasteiger partial charge on any atom is -0.462 e. The van der Waals surface area contributed by atoms with E-state index in [0.717, 1.165) is 0 Å². The van der Waals surface area contributed by atoms with E-state index >= 15 is 0 Å². The number of esters is 1. The van der Waals surface area contributed by atoms with Gasteiger partial charge in [0.2, 0.25) is 0 Å². The molecule has 3 unspecified atom stereocenters. The van der Waals surface area contributed by atoms with Crippen LogP contribution in [0.15, 0.2) is 129 Å². The first-order chi connectivity index (χ1) is 39.6. The monoisotopic (exact) mass is 1200 g/mol. The molecule has 31 heteroatoms. The van der Waals surface area contributed by atoms with Crippen molar-refractivity contribution in [1.82, 2.24) is 63.6 Å². The second kappa shape index (κ2) is 28.9. The molecule has 7 atom stereocenters. The lowest BCUT2D eigenvalue weighted by molar-refractivity contribution is -0.149. The minimum atomic E-state index is -3.91. The standard InChI is InChI=1S/C21H29N6O5P.C16H20N5O3P.C15H18N5O4P/c1-14(2)31-21(28)16(4)26-33(29,32-17-8-6-5-7-9-17)13-30-15(3)10-27-12-25-18-19(22)23-11-24-20(18)27;1-12(8-21-10-20-14-15(17)18-9-19-16(14)21)23-11-25(2,22)24-13-6-4-3-5-7-13;1-11(7-20-9-19-13-14(16)17-8-18-15(13)20)23-10-25(21,22)24-12-5-3-2-4-6-12/h5-9,11-12,14-16H,10,13H2,1-4H3,(H,26,29)(H2,22,23,24);3-7,9-10,12H,8,11H2,1-2H3,(H2,17,18,19);2-6,8-9,11H,7,10H2,1H3,(H,21,22)(H2,16,17,18)/t15-,16+,33?;12-,25?;11-/m111/s1. The van der Waals surface area contributed by atoms with Crippen LogP contribution in [0.25, 0.3) is 33.5 Å². The van der Waals surface area contributed by atoms with Crippen LogP contribution in [0.1, 0.15) is 41.5 Å². The Morgan fingerprint density at radius 3 is 1.28 bits per heavy atom. The lowest BCUT2D eigenvalue weighted by Gasteiger charge is -2.25. The van der Waals surface area contributed by atoms with E-state index in [1.807, 2.05) is 42.7 Å². The van der Waals surface area contributed by atoms with Gasteiger partial charge < -0.3 is 68.3 Å². The first-order valence-corrected chi connectivity index (χ1v) is 31.7. The third-order valence-corrected chi connectivity index (χ3v) is 15.4. The molecular formula is C52H67N16O12P3. The topological polar surface area (TPSA) is 374 Å². The third-order valence-electron chi connectivity index (χ3n) is 11.4. The molecule has 3 aromatic carbocycles. The summed E-state index contributed by atoms with van der Waals surface area (Å²) >= 11 is 0. The lowest BCUT2D eigenvalue weighted by atomic mass is 10.3. The highest BCUT2D eigenvalue weighted by Crippen LogP contribution is 2.45. The molecule has 0 aliphatic carbocycles. The summed E-state index contributed by atoms with van der Waals surface area (Å²) in [5.74, 6) is 1.67. The van der Waals surface area contributed by atoms with Crippen molar-refractivity contribution in [3.63, 3.8) is 0 Å². The zero-order chi connectivity index (χ0) is 59.7. The predicted molar refractivity (Wildman–Crippen MR) is 311 cm³/mol. The number of ether oxygens (including phenoxy) is 4. The molecule has 442 valence electrons. The minimum absolute atomic E-state index is 0.0206. The Labute approximate surface area is 478 Å². The maximum Gasteiger partial charge on any atom is 0.402 e. The molecule has 0 aliphatic rings. The fourth-order valence-electron chi connectivity index (χ4n) is 7.62.